The van der Waals surface area contributed by atoms with Crippen LogP contribution < -0.4 is 5.32 Å². The molecule has 0 heterocycles. The van der Waals surface area contributed by atoms with Gasteiger partial charge in [-0.05, 0) is 43.6 Å². The van der Waals surface area contributed by atoms with E-state index in [4.69, 9.17) is 0 Å². The molecule has 21 heavy (non-hydrogen) atoms. The monoisotopic (exact) mass is 320 g/mol. The summed E-state index contributed by atoms with van der Waals surface area (Å²) in [4.78, 5) is 0. The lowest BCUT2D eigenvalue weighted by Gasteiger charge is -2.47. The van der Waals surface area contributed by atoms with E-state index in [0.717, 1.165) is 12.8 Å². The van der Waals surface area contributed by atoms with Crippen LogP contribution in [-0.4, -0.2) is 56.4 Å². The van der Waals surface area contributed by atoms with Gasteiger partial charge in [-0.2, -0.15) is 0 Å². The van der Waals surface area contributed by atoms with Gasteiger partial charge in [0, 0.05) is 19.6 Å². The second kappa shape index (κ2) is 6.94. The van der Waals surface area contributed by atoms with Crippen LogP contribution in [0.5, 0.6) is 0 Å². The molecule has 0 bridgehead atoms. The molecule has 1 fully saturated rings. The molecule has 1 aliphatic rings. The van der Waals surface area contributed by atoms with Crippen LogP contribution >= 0.6 is 0 Å². The van der Waals surface area contributed by atoms with E-state index in [1.807, 2.05) is 0 Å². The van der Waals surface area contributed by atoms with Crippen LogP contribution in [0.1, 0.15) is 46.5 Å². The minimum Gasteiger partial charge on any atom is -0.394 e. The molecule has 1 saturated carbocycles. The van der Waals surface area contributed by atoms with E-state index < -0.39 is 10.0 Å². The number of sulfonamides is 1. The molecule has 0 radical (unpaired) electrons. The molecular formula is C15H32N2O3S. The summed E-state index contributed by atoms with van der Waals surface area (Å²) in [6.45, 7) is 7.44. The van der Waals surface area contributed by atoms with E-state index in [2.05, 4.69) is 26.1 Å². The van der Waals surface area contributed by atoms with Gasteiger partial charge in [0.05, 0.1) is 12.4 Å². The van der Waals surface area contributed by atoms with Crippen molar-refractivity contribution in [2.45, 2.75) is 52.0 Å². The molecular weight excluding hydrogens is 288 g/mol. The summed E-state index contributed by atoms with van der Waals surface area (Å²) in [5, 5.41) is 13.3. The normalized spacial score (nSPS) is 29.8. The predicted octanol–water partition coefficient (Wildman–Crippen LogP) is 1.43. The molecule has 126 valence electrons. The van der Waals surface area contributed by atoms with Gasteiger partial charge in [-0.25, -0.2) is 12.7 Å². The van der Waals surface area contributed by atoms with Crippen LogP contribution in [0, 0.1) is 11.3 Å². The third kappa shape index (κ3) is 5.51. The Morgan fingerprint density at radius 2 is 1.90 bits per heavy atom. The van der Waals surface area contributed by atoms with Crippen molar-refractivity contribution in [3.63, 3.8) is 0 Å². The minimum atomic E-state index is -3.13. The van der Waals surface area contributed by atoms with Crippen molar-refractivity contribution in [3.8, 4) is 0 Å². The fraction of sp³-hybridized carbons (Fsp3) is 1.00. The van der Waals surface area contributed by atoms with Crippen LogP contribution in [0.4, 0.5) is 0 Å². The van der Waals surface area contributed by atoms with Crippen LogP contribution in [0.15, 0.2) is 0 Å². The van der Waals surface area contributed by atoms with Crippen molar-refractivity contribution in [1.29, 1.82) is 0 Å². The molecule has 2 atom stereocenters. The van der Waals surface area contributed by atoms with Crippen molar-refractivity contribution >= 4 is 10.0 Å². The van der Waals surface area contributed by atoms with Gasteiger partial charge in [0.25, 0.3) is 0 Å². The maximum absolute atomic E-state index is 11.7. The average Bonchev–Trinajstić information content (AvgIpc) is 2.32. The zero-order valence-electron chi connectivity index (χ0n) is 14.1. The third-order valence-electron chi connectivity index (χ3n) is 4.40. The standard InChI is InChI=1S/C15H32N2O3S/c1-13-9-14(2,3)11-15(10-13,12-18)16-7-6-8-21(19,20)17(4)5/h13,16,18H,6-12H2,1-5H3/t13-,15-/m0/s1. The highest BCUT2D eigenvalue weighted by molar-refractivity contribution is 7.89. The van der Waals surface area contributed by atoms with Crippen molar-refractivity contribution < 1.29 is 13.5 Å². The van der Waals surface area contributed by atoms with E-state index in [1.54, 1.807) is 14.1 Å². The molecule has 0 saturated heterocycles. The van der Waals surface area contributed by atoms with E-state index in [9.17, 15) is 13.5 Å². The van der Waals surface area contributed by atoms with Crippen molar-refractivity contribution in [3.05, 3.63) is 0 Å². The van der Waals surface area contributed by atoms with Crippen LogP contribution in [0.2, 0.25) is 0 Å². The summed E-state index contributed by atoms with van der Waals surface area (Å²) < 4.78 is 24.7. The molecule has 5 nitrogen and oxygen atoms in total. The highest BCUT2D eigenvalue weighted by atomic mass is 32.2. The molecule has 1 aliphatic carbocycles. The fourth-order valence-corrected chi connectivity index (χ4v) is 4.72. The van der Waals surface area contributed by atoms with Crippen molar-refractivity contribution in [2.75, 3.05) is 33.0 Å². The van der Waals surface area contributed by atoms with Gasteiger partial charge in [-0.3, -0.25) is 0 Å². The van der Waals surface area contributed by atoms with E-state index in [-0.39, 0.29) is 23.3 Å². The van der Waals surface area contributed by atoms with E-state index in [0.29, 0.717) is 18.9 Å². The predicted molar refractivity (Wildman–Crippen MR) is 86.7 cm³/mol. The zero-order chi connectivity index (χ0) is 16.3. The smallest absolute Gasteiger partial charge is 0.213 e. The number of nitrogens with zero attached hydrogens (tertiary/aromatic N) is 1. The molecule has 2 N–H and O–H groups in total. The zero-order valence-corrected chi connectivity index (χ0v) is 15.0. The van der Waals surface area contributed by atoms with Crippen LogP contribution in [-0.2, 0) is 10.0 Å². The summed E-state index contributed by atoms with van der Waals surface area (Å²) >= 11 is 0. The molecule has 0 spiro atoms. The topological polar surface area (TPSA) is 69.6 Å². The summed E-state index contributed by atoms with van der Waals surface area (Å²) in [5.74, 6) is 0.715. The molecule has 0 aliphatic heterocycles. The minimum absolute atomic E-state index is 0.112. The van der Waals surface area contributed by atoms with Gasteiger partial charge in [-0.15, -0.1) is 0 Å². The number of hydrogen-bond acceptors (Lipinski definition) is 4. The number of rotatable bonds is 7. The lowest BCUT2D eigenvalue weighted by Crippen LogP contribution is -2.55. The fourth-order valence-electron chi connectivity index (χ4n) is 3.84. The lowest BCUT2D eigenvalue weighted by molar-refractivity contribution is 0.0367. The molecule has 1 rings (SSSR count). The summed E-state index contributed by atoms with van der Waals surface area (Å²) in [7, 11) is -0.0128. The van der Waals surface area contributed by atoms with E-state index >= 15 is 0 Å². The maximum atomic E-state index is 11.7. The first-order valence-electron chi connectivity index (χ1n) is 7.78. The first-order chi connectivity index (χ1) is 9.52. The number of nitrogens with one attached hydrogen (secondary N) is 1. The number of aliphatic hydroxyl groups is 1. The maximum Gasteiger partial charge on any atom is 0.213 e. The van der Waals surface area contributed by atoms with Gasteiger partial charge >= 0.3 is 0 Å². The van der Waals surface area contributed by atoms with Gasteiger partial charge in [0.15, 0.2) is 0 Å². The largest absolute Gasteiger partial charge is 0.394 e. The Kier molecular flexibility index (Phi) is 6.24. The lowest BCUT2D eigenvalue weighted by atomic mass is 9.64. The Hall–Kier alpha value is -0.170. The van der Waals surface area contributed by atoms with Gasteiger partial charge < -0.3 is 10.4 Å². The number of aliphatic hydroxyl groups excluding tert-OH is 1. The first-order valence-corrected chi connectivity index (χ1v) is 9.39. The molecule has 0 amide bonds. The molecule has 6 heteroatoms. The summed E-state index contributed by atoms with van der Waals surface area (Å²) in [6.07, 6.45) is 3.62. The quantitative estimate of drug-likeness (QED) is 0.696. The Morgan fingerprint density at radius 1 is 1.29 bits per heavy atom. The van der Waals surface area contributed by atoms with Crippen LogP contribution in [0.25, 0.3) is 0 Å². The Labute approximate surface area is 130 Å². The summed E-state index contributed by atoms with van der Waals surface area (Å²) in [6, 6.07) is 0. The Bertz CT molecular complexity index is 434. The molecule has 0 unspecified atom stereocenters. The Morgan fingerprint density at radius 3 is 2.38 bits per heavy atom. The second-order valence-electron chi connectivity index (χ2n) is 7.67. The van der Waals surface area contributed by atoms with Gasteiger partial charge in [-0.1, -0.05) is 20.8 Å². The SMILES string of the molecule is C[C@H]1CC(C)(C)C[C@@](CO)(NCCCS(=O)(=O)N(C)C)C1. The summed E-state index contributed by atoms with van der Waals surface area (Å²) in [5.41, 5.74) is -0.0495. The number of hydrogen-bond donors (Lipinski definition) is 2. The first kappa shape index (κ1) is 18.9. The van der Waals surface area contributed by atoms with Gasteiger partial charge in [0.2, 0.25) is 10.0 Å². The van der Waals surface area contributed by atoms with Gasteiger partial charge in [0.1, 0.15) is 0 Å². The third-order valence-corrected chi connectivity index (χ3v) is 6.31. The molecule has 0 aromatic rings. The Balaban J connectivity index is 2.55. The molecule has 0 aromatic heterocycles. The highest BCUT2D eigenvalue weighted by Crippen LogP contribution is 2.43. The van der Waals surface area contributed by atoms with Crippen molar-refractivity contribution in [2.24, 2.45) is 11.3 Å². The van der Waals surface area contributed by atoms with Crippen LogP contribution in [0.3, 0.4) is 0 Å². The van der Waals surface area contributed by atoms with Crippen molar-refractivity contribution in [1.82, 2.24) is 9.62 Å². The molecule has 0 aromatic carbocycles. The second-order valence-corrected chi connectivity index (χ2v) is 9.97. The van der Waals surface area contributed by atoms with E-state index in [1.165, 1.54) is 10.7 Å². The average molecular weight is 320 g/mol. The highest BCUT2D eigenvalue weighted by Gasteiger charge is 2.42.